The van der Waals surface area contributed by atoms with Crippen molar-refractivity contribution < 1.29 is 14.3 Å². The zero-order chi connectivity index (χ0) is 25.4. The van der Waals surface area contributed by atoms with Crippen LogP contribution in [0.25, 0.3) is 10.8 Å². The van der Waals surface area contributed by atoms with E-state index in [1.54, 1.807) is 14.0 Å². The molecule has 0 saturated carbocycles. The van der Waals surface area contributed by atoms with Crippen molar-refractivity contribution in [3.05, 3.63) is 77.6 Å². The average Bonchev–Trinajstić information content (AvgIpc) is 3.08. The second-order valence-electron chi connectivity index (χ2n) is 8.80. The van der Waals surface area contributed by atoms with Crippen LogP contribution >= 0.6 is 0 Å². The van der Waals surface area contributed by atoms with Gasteiger partial charge >= 0.3 is 6.03 Å². The van der Waals surface area contributed by atoms with Crippen LogP contribution in [0.3, 0.4) is 0 Å². The van der Waals surface area contributed by atoms with Crippen molar-refractivity contribution in [2.24, 2.45) is 0 Å². The number of carbonyl (C=O) groups is 2. The van der Waals surface area contributed by atoms with Crippen LogP contribution in [0.15, 0.2) is 60.7 Å². The summed E-state index contributed by atoms with van der Waals surface area (Å²) < 4.78 is 5.28. The Morgan fingerprint density at radius 1 is 1.00 bits per heavy atom. The number of rotatable bonds is 6. The van der Waals surface area contributed by atoms with Gasteiger partial charge < -0.3 is 21.1 Å². The van der Waals surface area contributed by atoms with Crippen LogP contribution in [0.4, 0.5) is 22.4 Å². The first-order valence-electron chi connectivity index (χ1n) is 11.3. The molecule has 1 aliphatic rings. The summed E-state index contributed by atoms with van der Waals surface area (Å²) in [6, 6.07) is 18.4. The van der Waals surface area contributed by atoms with E-state index in [1.807, 2.05) is 67.6 Å². The summed E-state index contributed by atoms with van der Waals surface area (Å²) >= 11 is 0. The molecule has 10 heteroatoms. The van der Waals surface area contributed by atoms with Gasteiger partial charge in [0.2, 0.25) is 11.9 Å². The summed E-state index contributed by atoms with van der Waals surface area (Å²) in [5.74, 6) is 0.726. The molecule has 1 aromatic heterocycles. The normalized spacial score (nSPS) is 17.4. The number of aromatic nitrogens is 3. The highest BCUT2D eigenvalue weighted by atomic mass is 16.5. The zero-order valence-corrected chi connectivity index (χ0v) is 20.1. The number of benzene rings is 3. The van der Waals surface area contributed by atoms with E-state index >= 15 is 0 Å². The molecule has 0 aliphatic carbocycles. The number of amides is 3. The predicted octanol–water partition coefficient (Wildman–Crippen LogP) is 3.63. The van der Waals surface area contributed by atoms with E-state index in [0.29, 0.717) is 5.56 Å². The number of nitrogens with zero attached hydrogens (tertiary/aromatic N) is 4. The van der Waals surface area contributed by atoms with Gasteiger partial charge in [-0.1, -0.05) is 35.9 Å². The van der Waals surface area contributed by atoms with E-state index in [4.69, 9.17) is 10.5 Å². The van der Waals surface area contributed by atoms with Crippen LogP contribution in [0.5, 0.6) is 5.75 Å². The SMILES string of the molecule is COc1ccc2cc(C3(C)NC(=O)N(Cc4nc(N)nc(Nc5ccc(C)cc5)n4)C3=O)ccc2c1. The molecule has 1 saturated heterocycles. The summed E-state index contributed by atoms with van der Waals surface area (Å²) in [6.07, 6.45) is 0. The fraction of sp³-hybridized carbons (Fsp3) is 0.192. The Morgan fingerprint density at radius 3 is 2.47 bits per heavy atom. The van der Waals surface area contributed by atoms with Crippen LogP contribution in [-0.4, -0.2) is 38.9 Å². The molecule has 3 amide bonds. The highest BCUT2D eigenvalue weighted by molar-refractivity contribution is 6.07. The molecule has 4 aromatic rings. The molecule has 1 unspecified atom stereocenters. The Hall–Kier alpha value is -4.73. The number of nitrogens with two attached hydrogens (primary N) is 1. The summed E-state index contributed by atoms with van der Waals surface area (Å²) in [7, 11) is 1.61. The molecular formula is C26H25N7O3. The number of ether oxygens (including phenoxy) is 1. The fourth-order valence-corrected chi connectivity index (χ4v) is 4.17. The Bertz CT molecular complexity index is 1490. The van der Waals surface area contributed by atoms with E-state index in [1.165, 1.54) is 0 Å². The molecule has 36 heavy (non-hydrogen) atoms. The number of urea groups is 1. The number of methoxy groups -OCH3 is 1. The maximum atomic E-state index is 13.5. The second-order valence-corrected chi connectivity index (χ2v) is 8.80. The number of carbonyl (C=O) groups excluding carboxylic acids is 2. The number of hydrogen-bond donors (Lipinski definition) is 3. The Balaban J connectivity index is 1.39. The number of anilines is 3. The van der Waals surface area contributed by atoms with Gasteiger partial charge in [-0.25, -0.2) is 4.79 Å². The Morgan fingerprint density at radius 2 is 1.72 bits per heavy atom. The third-order valence-corrected chi connectivity index (χ3v) is 6.21. The van der Waals surface area contributed by atoms with Crippen molar-refractivity contribution >= 4 is 40.3 Å². The molecule has 0 spiro atoms. The molecule has 3 aromatic carbocycles. The molecular weight excluding hydrogens is 458 g/mol. The molecule has 1 atom stereocenters. The number of hydrogen-bond acceptors (Lipinski definition) is 8. The van der Waals surface area contributed by atoms with Crippen molar-refractivity contribution in [2.75, 3.05) is 18.2 Å². The van der Waals surface area contributed by atoms with Crippen molar-refractivity contribution in [1.82, 2.24) is 25.2 Å². The lowest BCUT2D eigenvalue weighted by molar-refractivity contribution is -0.131. The summed E-state index contributed by atoms with van der Waals surface area (Å²) in [5.41, 5.74) is 7.19. The Kier molecular flexibility index (Phi) is 5.63. The first kappa shape index (κ1) is 23.0. The smallest absolute Gasteiger partial charge is 0.325 e. The standard InChI is InChI=1S/C26H25N7O3/c1-15-4-9-19(10-5-15)28-24-30-21(29-23(27)31-24)14-33-22(34)26(2,32-25(33)35)18-8-6-17-13-20(36-3)11-7-16(17)12-18/h4-13H,14H2,1-3H3,(H,32,35)(H3,27,28,29,30,31). The number of fused-ring (bicyclic) bond motifs is 1. The van der Waals surface area contributed by atoms with Crippen molar-refractivity contribution in [3.63, 3.8) is 0 Å². The number of nitrogen functional groups attached to an aromatic ring is 1. The van der Waals surface area contributed by atoms with Gasteiger partial charge in [0, 0.05) is 5.69 Å². The van der Waals surface area contributed by atoms with E-state index in [9.17, 15) is 9.59 Å². The van der Waals surface area contributed by atoms with Gasteiger partial charge in [0.15, 0.2) is 5.82 Å². The molecule has 2 heterocycles. The van der Waals surface area contributed by atoms with Gasteiger partial charge in [0.05, 0.1) is 13.7 Å². The zero-order valence-electron chi connectivity index (χ0n) is 20.1. The Labute approximate surface area is 207 Å². The third-order valence-electron chi connectivity index (χ3n) is 6.21. The molecule has 4 N–H and O–H groups in total. The predicted molar refractivity (Wildman–Crippen MR) is 136 cm³/mol. The van der Waals surface area contributed by atoms with Gasteiger partial charge in [0.25, 0.3) is 5.91 Å². The first-order chi connectivity index (χ1) is 17.2. The van der Waals surface area contributed by atoms with E-state index in [-0.39, 0.29) is 24.3 Å². The minimum Gasteiger partial charge on any atom is -0.497 e. The monoisotopic (exact) mass is 483 g/mol. The van der Waals surface area contributed by atoms with Crippen LogP contribution in [-0.2, 0) is 16.9 Å². The van der Waals surface area contributed by atoms with E-state index < -0.39 is 17.5 Å². The van der Waals surface area contributed by atoms with Crippen molar-refractivity contribution in [3.8, 4) is 5.75 Å². The average molecular weight is 484 g/mol. The number of aryl methyl sites for hydroxylation is 1. The molecule has 182 valence electrons. The molecule has 1 aliphatic heterocycles. The fourth-order valence-electron chi connectivity index (χ4n) is 4.17. The number of imide groups is 1. The molecule has 1 fully saturated rings. The summed E-state index contributed by atoms with van der Waals surface area (Å²) in [4.78, 5) is 40.0. The molecule has 10 nitrogen and oxygen atoms in total. The molecule has 0 bridgehead atoms. The minimum absolute atomic E-state index is 0.0191. The topological polar surface area (TPSA) is 135 Å². The maximum absolute atomic E-state index is 13.5. The quantitative estimate of drug-likeness (QED) is 0.354. The van der Waals surface area contributed by atoms with Gasteiger partial charge in [0.1, 0.15) is 11.3 Å². The third kappa shape index (κ3) is 4.24. The molecule has 5 rings (SSSR count). The minimum atomic E-state index is -1.24. The highest BCUT2D eigenvalue weighted by Crippen LogP contribution is 2.32. The van der Waals surface area contributed by atoms with Crippen LogP contribution in [0, 0.1) is 6.92 Å². The second kappa shape index (κ2) is 8.81. The lowest BCUT2D eigenvalue weighted by Crippen LogP contribution is -2.40. The van der Waals surface area contributed by atoms with Gasteiger partial charge in [-0.2, -0.15) is 15.0 Å². The van der Waals surface area contributed by atoms with Gasteiger partial charge in [-0.3, -0.25) is 9.69 Å². The largest absolute Gasteiger partial charge is 0.497 e. The van der Waals surface area contributed by atoms with Crippen molar-refractivity contribution in [2.45, 2.75) is 25.9 Å². The van der Waals surface area contributed by atoms with Gasteiger partial charge in [-0.05, 0) is 60.5 Å². The van der Waals surface area contributed by atoms with Crippen LogP contribution in [0.1, 0.15) is 23.9 Å². The summed E-state index contributed by atoms with van der Waals surface area (Å²) in [5, 5.41) is 7.78. The van der Waals surface area contributed by atoms with E-state index in [2.05, 4.69) is 25.6 Å². The lowest BCUT2D eigenvalue weighted by atomic mass is 9.90. The van der Waals surface area contributed by atoms with Crippen molar-refractivity contribution in [1.29, 1.82) is 0 Å². The van der Waals surface area contributed by atoms with E-state index in [0.717, 1.165) is 32.7 Å². The first-order valence-corrected chi connectivity index (χ1v) is 11.3. The van der Waals surface area contributed by atoms with Crippen LogP contribution < -0.4 is 21.1 Å². The lowest BCUT2D eigenvalue weighted by Gasteiger charge is -2.22. The summed E-state index contributed by atoms with van der Waals surface area (Å²) in [6.45, 7) is 3.52. The highest BCUT2D eigenvalue weighted by Gasteiger charge is 2.49. The maximum Gasteiger partial charge on any atom is 0.325 e. The number of nitrogens with one attached hydrogen (secondary N) is 2. The molecule has 0 radical (unpaired) electrons. The van der Waals surface area contributed by atoms with Crippen LogP contribution in [0.2, 0.25) is 0 Å². The van der Waals surface area contributed by atoms with Gasteiger partial charge in [-0.15, -0.1) is 0 Å².